The topological polar surface area (TPSA) is 21.6 Å². The fourth-order valence-corrected chi connectivity index (χ4v) is 2.50. The maximum Gasteiger partial charge on any atom is 0.144 e. The number of para-hydroxylation sites is 2. The third-order valence-corrected chi connectivity index (χ3v) is 3.55. The minimum atomic E-state index is 0.789. The molecule has 0 unspecified atom stereocenters. The third-order valence-electron chi connectivity index (χ3n) is 3.55. The van der Waals surface area contributed by atoms with Crippen molar-refractivity contribution >= 4 is 22.2 Å². The largest absolute Gasteiger partial charge is 0.494 e. The average molecular weight is 275 g/mol. The van der Waals surface area contributed by atoms with Crippen molar-refractivity contribution in [1.29, 1.82) is 0 Å². The van der Waals surface area contributed by atoms with Gasteiger partial charge in [0, 0.05) is 11.3 Å². The van der Waals surface area contributed by atoms with Crippen LogP contribution in [0.15, 0.2) is 71.7 Å². The van der Waals surface area contributed by atoms with Crippen LogP contribution in [0, 0.1) is 0 Å². The molecule has 0 bridgehead atoms. The second-order valence-corrected chi connectivity index (χ2v) is 4.90. The molecule has 3 aromatic carbocycles. The maximum absolute atomic E-state index is 5.36. The minimum Gasteiger partial charge on any atom is -0.494 e. The Morgan fingerprint density at radius 3 is 2.43 bits per heavy atom. The normalized spacial score (nSPS) is 11.6. The van der Waals surface area contributed by atoms with Gasteiger partial charge in [-0.15, -0.1) is 0 Å². The van der Waals surface area contributed by atoms with Gasteiger partial charge in [-0.2, -0.15) is 0 Å². The molecule has 0 heterocycles. The van der Waals surface area contributed by atoms with Gasteiger partial charge in [0.15, 0.2) is 0 Å². The standard InChI is InChI=1S/C19H17NO/c1-14(20-18-12-5-6-13-19(18)21-2)16-11-7-9-15-8-3-4-10-17(15)16/h3-13H,1-2H3. The van der Waals surface area contributed by atoms with Crippen molar-refractivity contribution < 1.29 is 4.74 Å². The highest BCUT2D eigenvalue weighted by Gasteiger charge is 2.05. The van der Waals surface area contributed by atoms with Gasteiger partial charge in [-0.05, 0) is 29.8 Å². The van der Waals surface area contributed by atoms with Crippen LogP contribution in [0.5, 0.6) is 5.75 Å². The summed E-state index contributed by atoms with van der Waals surface area (Å²) in [6.07, 6.45) is 0. The SMILES string of the molecule is COc1ccccc1N=C(C)c1cccc2ccccc12. The predicted molar refractivity (Wildman–Crippen MR) is 88.8 cm³/mol. The van der Waals surface area contributed by atoms with E-state index in [1.165, 1.54) is 10.8 Å². The highest BCUT2D eigenvalue weighted by Crippen LogP contribution is 2.28. The molecule has 0 aliphatic heterocycles. The zero-order valence-electron chi connectivity index (χ0n) is 12.2. The second-order valence-electron chi connectivity index (χ2n) is 4.90. The Labute approximate surface area is 124 Å². The summed E-state index contributed by atoms with van der Waals surface area (Å²) in [5.74, 6) is 0.789. The molecule has 0 aromatic heterocycles. The molecule has 0 atom stereocenters. The Kier molecular flexibility index (Phi) is 3.69. The van der Waals surface area contributed by atoms with E-state index < -0.39 is 0 Å². The van der Waals surface area contributed by atoms with Gasteiger partial charge >= 0.3 is 0 Å². The molecule has 0 amide bonds. The first-order valence-corrected chi connectivity index (χ1v) is 6.96. The lowest BCUT2D eigenvalue weighted by Gasteiger charge is -2.08. The van der Waals surface area contributed by atoms with Crippen LogP contribution >= 0.6 is 0 Å². The van der Waals surface area contributed by atoms with Crippen LogP contribution in [0.25, 0.3) is 10.8 Å². The van der Waals surface area contributed by atoms with Gasteiger partial charge in [0.05, 0.1) is 7.11 Å². The van der Waals surface area contributed by atoms with E-state index in [0.29, 0.717) is 0 Å². The molecule has 2 nitrogen and oxygen atoms in total. The number of hydrogen-bond donors (Lipinski definition) is 0. The number of methoxy groups -OCH3 is 1. The van der Waals surface area contributed by atoms with Gasteiger partial charge in [-0.25, -0.2) is 4.99 Å². The highest BCUT2D eigenvalue weighted by atomic mass is 16.5. The van der Waals surface area contributed by atoms with Crippen molar-refractivity contribution in [2.24, 2.45) is 4.99 Å². The monoisotopic (exact) mass is 275 g/mol. The molecule has 0 radical (unpaired) electrons. The number of benzene rings is 3. The Balaban J connectivity index is 2.12. The molecule has 0 saturated heterocycles. The fourth-order valence-electron chi connectivity index (χ4n) is 2.50. The first-order valence-electron chi connectivity index (χ1n) is 6.96. The molecule has 3 aromatic rings. The van der Waals surface area contributed by atoms with E-state index in [9.17, 15) is 0 Å². The Morgan fingerprint density at radius 1 is 0.857 bits per heavy atom. The van der Waals surface area contributed by atoms with Gasteiger partial charge in [-0.1, -0.05) is 54.6 Å². The fraction of sp³-hybridized carbons (Fsp3) is 0.105. The molecule has 21 heavy (non-hydrogen) atoms. The Hall–Kier alpha value is -2.61. The van der Waals surface area contributed by atoms with Crippen molar-refractivity contribution in [3.05, 3.63) is 72.3 Å². The summed E-state index contributed by atoms with van der Waals surface area (Å²) in [7, 11) is 1.67. The van der Waals surface area contributed by atoms with Gasteiger partial charge in [-0.3, -0.25) is 0 Å². The van der Waals surface area contributed by atoms with Crippen molar-refractivity contribution in [2.75, 3.05) is 7.11 Å². The van der Waals surface area contributed by atoms with Crippen LogP contribution in [0.4, 0.5) is 5.69 Å². The van der Waals surface area contributed by atoms with Gasteiger partial charge < -0.3 is 4.74 Å². The summed E-state index contributed by atoms with van der Waals surface area (Å²) < 4.78 is 5.36. The summed E-state index contributed by atoms with van der Waals surface area (Å²) in [6.45, 7) is 2.04. The van der Waals surface area contributed by atoms with Crippen LogP contribution in [-0.4, -0.2) is 12.8 Å². The third kappa shape index (κ3) is 2.65. The maximum atomic E-state index is 5.36. The molecular weight excluding hydrogens is 258 g/mol. The molecule has 0 N–H and O–H groups in total. The Bertz CT molecular complexity index is 800. The summed E-state index contributed by atoms with van der Waals surface area (Å²) in [5, 5.41) is 2.45. The average Bonchev–Trinajstić information content (AvgIpc) is 2.54. The summed E-state index contributed by atoms with van der Waals surface area (Å²) in [6, 6.07) is 22.5. The smallest absolute Gasteiger partial charge is 0.144 e. The molecule has 2 heteroatoms. The van der Waals surface area contributed by atoms with E-state index in [1.54, 1.807) is 7.11 Å². The molecular formula is C19H17NO. The van der Waals surface area contributed by atoms with E-state index in [-0.39, 0.29) is 0 Å². The van der Waals surface area contributed by atoms with Crippen molar-refractivity contribution in [2.45, 2.75) is 6.92 Å². The molecule has 3 rings (SSSR count). The lowest BCUT2D eigenvalue weighted by atomic mass is 10.0. The Morgan fingerprint density at radius 2 is 1.57 bits per heavy atom. The van der Waals surface area contributed by atoms with E-state index >= 15 is 0 Å². The first kappa shape index (κ1) is 13.4. The molecule has 0 fully saturated rings. The number of ether oxygens (including phenoxy) is 1. The number of fused-ring (bicyclic) bond motifs is 1. The second kappa shape index (κ2) is 5.80. The number of nitrogens with zero attached hydrogens (tertiary/aromatic N) is 1. The van der Waals surface area contributed by atoms with Gasteiger partial charge in [0.1, 0.15) is 11.4 Å². The molecule has 0 spiro atoms. The zero-order chi connectivity index (χ0) is 14.7. The summed E-state index contributed by atoms with van der Waals surface area (Å²) in [5.41, 5.74) is 2.99. The molecule has 0 aliphatic carbocycles. The lowest BCUT2D eigenvalue weighted by Crippen LogP contribution is -1.96. The zero-order valence-corrected chi connectivity index (χ0v) is 12.2. The van der Waals surface area contributed by atoms with Crippen molar-refractivity contribution in [1.82, 2.24) is 0 Å². The van der Waals surface area contributed by atoms with Crippen LogP contribution in [0.1, 0.15) is 12.5 Å². The van der Waals surface area contributed by atoms with Crippen LogP contribution in [-0.2, 0) is 0 Å². The molecule has 104 valence electrons. The quantitative estimate of drug-likeness (QED) is 0.617. The van der Waals surface area contributed by atoms with Gasteiger partial charge in [0.25, 0.3) is 0 Å². The van der Waals surface area contributed by atoms with Gasteiger partial charge in [0.2, 0.25) is 0 Å². The first-order chi connectivity index (χ1) is 10.3. The number of aliphatic imine (C=N–C) groups is 1. The van der Waals surface area contributed by atoms with Crippen LogP contribution < -0.4 is 4.74 Å². The van der Waals surface area contributed by atoms with E-state index in [4.69, 9.17) is 9.73 Å². The molecule has 0 saturated carbocycles. The lowest BCUT2D eigenvalue weighted by molar-refractivity contribution is 0.416. The molecule has 0 aliphatic rings. The number of rotatable bonds is 3. The van der Waals surface area contributed by atoms with Crippen molar-refractivity contribution in [3.63, 3.8) is 0 Å². The minimum absolute atomic E-state index is 0.789. The van der Waals surface area contributed by atoms with E-state index in [1.807, 2.05) is 31.2 Å². The predicted octanol–water partition coefficient (Wildman–Crippen LogP) is 4.99. The van der Waals surface area contributed by atoms with Crippen LogP contribution in [0.2, 0.25) is 0 Å². The number of hydrogen-bond acceptors (Lipinski definition) is 2. The highest BCUT2D eigenvalue weighted by molar-refractivity contribution is 6.10. The van der Waals surface area contributed by atoms with Crippen LogP contribution in [0.3, 0.4) is 0 Å². The summed E-state index contributed by atoms with van der Waals surface area (Å²) in [4.78, 5) is 4.74. The summed E-state index contributed by atoms with van der Waals surface area (Å²) >= 11 is 0. The van der Waals surface area contributed by atoms with E-state index in [0.717, 1.165) is 22.7 Å². The van der Waals surface area contributed by atoms with Crippen molar-refractivity contribution in [3.8, 4) is 5.75 Å². The van der Waals surface area contributed by atoms with E-state index in [2.05, 4.69) is 42.5 Å².